The van der Waals surface area contributed by atoms with E-state index in [9.17, 15) is 9.59 Å². The molecule has 0 radical (unpaired) electrons. The van der Waals surface area contributed by atoms with Crippen LogP contribution in [0.1, 0.15) is 6.92 Å². The fourth-order valence-corrected chi connectivity index (χ4v) is 0.452. The fourth-order valence-electron chi connectivity index (χ4n) is 0.452. The van der Waals surface area contributed by atoms with Gasteiger partial charge in [0, 0.05) is 6.08 Å². The van der Waals surface area contributed by atoms with Crippen molar-refractivity contribution in [1.29, 1.82) is 0 Å². The third-order valence-electron chi connectivity index (χ3n) is 0.963. The number of carboxylic acids is 2. The molecule has 4 heteroatoms. The predicted molar refractivity (Wildman–Crippen MR) is 38.2 cm³/mol. The summed E-state index contributed by atoms with van der Waals surface area (Å²) in [4.78, 5) is 20.2. The molecule has 0 heterocycles. The van der Waals surface area contributed by atoms with E-state index in [1.165, 1.54) is 13.0 Å². The molecular formula is C7H8O4. The van der Waals surface area contributed by atoms with Crippen molar-refractivity contribution in [3.63, 3.8) is 0 Å². The second-order valence-electron chi connectivity index (χ2n) is 1.72. The molecule has 0 aliphatic carbocycles. The van der Waals surface area contributed by atoms with Gasteiger partial charge >= 0.3 is 11.9 Å². The van der Waals surface area contributed by atoms with Gasteiger partial charge in [-0.25, -0.2) is 9.59 Å². The van der Waals surface area contributed by atoms with Gasteiger partial charge < -0.3 is 10.2 Å². The summed E-state index contributed by atoms with van der Waals surface area (Å²) in [6.45, 7) is 1.52. The van der Waals surface area contributed by atoms with E-state index < -0.39 is 11.9 Å². The lowest BCUT2D eigenvalue weighted by Crippen LogP contribution is -1.98. The average molecular weight is 156 g/mol. The SMILES string of the molecule is CC=C(C=CC(=O)O)C(=O)O. The number of carbonyl (C=O) groups is 2. The number of allylic oxidation sites excluding steroid dienone is 1. The quantitative estimate of drug-likeness (QED) is 0.465. The highest BCUT2D eigenvalue weighted by molar-refractivity contribution is 5.92. The Kier molecular flexibility index (Phi) is 3.66. The molecule has 0 atom stereocenters. The number of aliphatic carboxylic acids is 2. The molecule has 0 bridgehead atoms. The van der Waals surface area contributed by atoms with Crippen LogP contribution in [0.15, 0.2) is 23.8 Å². The van der Waals surface area contributed by atoms with Crippen molar-refractivity contribution in [2.24, 2.45) is 0 Å². The van der Waals surface area contributed by atoms with Crippen LogP contribution in [0.25, 0.3) is 0 Å². The van der Waals surface area contributed by atoms with Gasteiger partial charge in [0.15, 0.2) is 0 Å². The van der Waals surface area contributed by atoms with E-state index >= 15 is 0 Å². The Morgan fingerprint density at radius 3 is 2.00 bits per heavy atom. The standard InChI is InChI=1S/C7H8O4/c1-2-5(7(10)11)3-4-6(8)9/h2-4H,1H3,(H,8,9)(H,10,11). The second-order valence-corrected chi connectivity index (χ2v) is 1.72. The van der Waals surface area contributed by atoms with E-state index in [1.54, 1.807) is 0 Å². The number of hydrogen-bond donors (Lipinski definition) is 2. The van der Waals surface area contributed by atoms with Gasteiger partial charge in [-0.2, -0.15) is 0 Å². The maximum atomic E-state index is 10.2. The van der Waals surface area contributed by atoms with E-state index in [-0.39, 0.29) is 5.57 Å². The molecule has 0 saturated heterocycles. The van der Waals surface area contributed by atoms with Gasteiger partial charge in [-0.3, -0.25) is 0 Å². The van der Waals surface area contributed by atoms with Crippen LogP contribution in [0.4, 0.5) is 0 Å². The molecule has 0 spiro atoms. The first-order valence-electron chi connectivity index (χ1n) is 2.88. The highest BCUT2D eigenvalue weighted by Crippen LogP contribution is 1.95. The Morgan fingerprint density at radius 1 is 1.18 bits per heavy atom. The van der Waals surface area contributed by atoms with E-state index in [4.69, 9.17) is 10.2 Å². The Bertz CT molecular complexity index is 225. The normalized spacial score (nSPS) is 11.9. The molecule has 0 saturated carbocycles. The van der Waals surface area contributed by atoms with Crippen LogP contribution in [-0.4, -0.2) is 22.2 Å². The average Bonchev–Trinajstić information content (AvgIpc) is 1.87. The molecule has 2 N–H and O–H groups in total. The molecule has 0 aromatic carbocycles. The highest BCUT2D eigenvalue weighted by Gasteiger charge is 2.00. The molecule has 11 heavy (non-hydrogen) atoms. The first kappa shape index (κ1) is 9.42. The molecular weight excluding hydrogens is 148 g/mol. The zero-order valence-corrected chi connectivity index (χ0v) is 5.94. The third kappa shape index (κ3) is 3.91. The Balaban J connectivity index is 4.34. The lowest BCUT2D eigenvalue weighted by Gasteiger charge is -1.89. The predicted octanol–water partition coefficient (Wildman–Crippen LogP) is 0.658. The van der Waals surface area contributed by atoms with Crippen LogP contribution < -0.4 is 0 Å². The molecule has 0 amide bonds. The molecule has 0 unspecified atom stereocenters. The summed E-state index contributed by atoms with van der Waals surface area (Å²) in [5, 5.41) is 16.5. The summed E-state index contributed by atoms with van der Waals surface area (Å²) < 4.78 is 0. The number of hydrogen-bond acceptors (Lipinski definition) is 2. The van der Waals surface area contributed by atoms with Gasteiger partial charge in [0.1, 0.15) is 0 Å². The van der Waals surface area contributed by atoms with Crippen LogP contribution in [0.3, 0.4) is 0 Å². The van der Waals surface area contributed by atoms with Crippen LogP contribution >= 0.6 is 0 Å². The lowest BCUT2D eigenvalue weighted by atomic mass is 10.2. The molecule has 0 fully saturated rings. The smallest absolute Gasteiger partial charge is 0.335 e. The van der Waals surface area contributed by atoms with Gasteiger partial charge in [0.05, 0.1) is 5.57 Å². The summed E-state index contributed by atoms with van der Waals surface area (Å²) >= 11 is 0. The number of rotatable bonds is 3. The van der Waals surface area contributed by atoms with E-state index in [1.807, 2.05) is 0 Å². The van der Waals surface area contributed by atoms with E-state index in [0.717, 1.165) is 12.2 Å². The van der Waals surface area contributed by atoms with Gasteiger partial charge in [0.25, 0.3) is 0 Å². The minimum absolute atomic E-state index is 0.0348. The molecule has 0 aromatic rings. The van der Waals surface area contributed by atoms with Crippen molar-refractivity contribution in [2.45, 2.75) is 6.92 Å². The van der Waals surface area contributed by atoms with Crippen molar-refractivity contribution in [1.82, 2.24) is 0 Å². The van der Waals surface area contributed by atoms with Crippen LogP contribution in [0, 0.1) is 0 Å². The van der Waals surface area contributed by atoms with Crippen LogP contribution in [-0.2, 0) is 9.59 Å². The summed E-state index contributed by atoms with van der Waals surface area (Å²) in [5.74, 6) is -2.30. The molecule has 4 nitrogen and oxygen atoms in total. The zero-order valence-electron chi connectivity index (χ0n) is 5.94. The van der Waals surface area contributed by atoms with Crippen molar-refractivity contribution < 1.29 is 19.8 Å². The molecule has 0 aliphatic rings. The van der Waals surface area contributed by atoms with Crippen molar-refractivity contribution in [3.8, 4) is 0 Å². The molecule has 0 rings (SSSR count). The number of carboxylic acid groups (broad SMARTS) is 2. The van der Waals surface area contributed by atoms with Crippen LogP contribution in [0.5, 0.6) is 0 Å². The van der Waals surface area contributed by atoms with E-state index in [0.29, 0.717) is 0 Å². The van der Waals surface area contributed by atoms with Gasteiger partial charge in [0.2, 0.25) is 0 Å². The molecule has 0 aliphatic heterocycles. The minimum atomic E-state index is -1.16. The second kappa shape index (κ2) is 4.27. The summed E-state index contributed by atoms with van der Waals surface area (Å²) in [6.07, 6.45) is 3.13. The Hall–Kier alpha value is -1.58. The van der Waals surface area contributed by atoms with Crippen molar-refractivity contribution in [3.05, 3.63) is 23.8 Å². The molecule has 0 aromatic heterocycles. The van der Waals surface area contributed by atoms with Gasteiger partial charge in [-0.05, 0) is 13.0 Å². The highest BCUT2D eigenvalue weighted by atomic mass is 16.4. The largest absolute Gasteiger partial charge is 0.478 e. The Morgan fingerprint density at radius 2 is 1.73 bits per heavy atom. The first-order valence-corrected chi connectivity index (χ1v) is 2.88. The maximum absolute atomic E-state index is 10.2. The van der Waals surface area contributed by atoms with Crippen molar-refractivity contribution in [2.75, 3.05) is 0 Å². The topological polar surface area (TPSA) is 74.6 Å². The maximum Gasteiger partial charge on any atom is 0.335 e. The first-order chi connectivity index (χ1) is 5.07. The minimum Gasteiger partial charge on any atom is -0.478 e. The third-order valence-corrected chi connectivity index (χ3v) is 0.963. The van der Waals surface area contributed by atoms with Crippen molar-refractivity contribution >= 4 is 11.9 Å². The summed E-state index contributed by atoms with van der Waals surface area (Å²) in [7, 11) is 0. The molecule has 60 valence electrons. The van der Waals surface area contributed by atoms with Gasteiger partial charge in [-0.15, -0.1) is 0 Å². The summed E-state index contributed by atoms with van der Waals surface area (Å²) in [6, 6.07) is 0. The zero-order chi connectivity index (χ0) is 8.85. The Labute approximate surface area is 63.5 Å². The monoisotopic (exact) mass is 156 g/mol. The van der Waals surface area contributed by atoms with Crippen LogP contribution in [0.2, 0.25) is 0 Å². The van der Waals surface area contributed by atoms with E-state index in [2.05, 4.69) is 0 Å². The fraction of sp³-hybridized carbons (Fsp3) is 0.143. The summed E-state index contributed by atoms with van der Waals surface area (Å²) in [5.41, 5.74) is -0.0348. The van der Waals surface area contributed by atoms with Gasteiger partial charge in [-0.1, -0.05) is 6.08 Å². The lowest BCUT2D eigenvalue weighted by molar-refractivity contribution is -0.132.